The lowest BCUT2D eigenvalue weighted by Crippen LogP contribution is -2.44. The lowest BCUT2D eigenvalue weighted by molar-refractivity contribution is -0.126. The topological polar surface area (TPSA) is 87.1 Å². The van der Waals surface area contributed by atoms with Crippen LogP contribution in [0.25, 0.3) is 0 Å². The minimum atomic E-state index is -0.390. The number of fused-ring (bicyclic) bond motifs is 1. The summed E-state index contributed by atoms with van der Waals surface area (Å²) in [5, 5.41) is 3.04. The van der Waals surface area contributed by atoms with Gasteiger partial charge in [0.15, 0.2) is 0 Å². The number of carbonyl (C=O) groups excluding carboxylic acids is 2. The van der Waals surface area contributed by atoms with Crippen LogP contribution in [0.5, 0.6) is 0 Å². The fourth-order valence-corrected chi connectivity index (χ4v) is 5.46. The molecule has 0 unspecified atom stereocenters. The normalized spacial score (nSPS) is 22.9. The number of aliphatic imine (C=N–C) groups is 1. The van der Waals surface area contributed by atoms with Crippen molar-refractivity contribution in [3.63, 3.8) is 0 Å². The molecule has 9 heteroatoms. The second-order valence-electron chi connectivity index (χ2n) is 10.3. The van der Waals surface area contributed by atoms with Crippen molar-refractivity contribution in [2.75, 3.05) is 36.1 Å². The first-order valence-corrected chi connectivity index (χ1v) is 13.2. The van der Waals surface area contributed by atoms with Gasteiger partial charge in [0.2, 0.25) is 5.91 Å². The molecule has 37 heavy (non-hydrogen) atoms. The SMILES string of the molecule is CC(C)NC(=O)C1CCC(N2C(=NC(=O)c3ccc(F)cc3)Cc3cnc(N4CCOCC4)cc32)CC1. The molecular weight excluding hydrogens is 473 g/mol. The molecule has 1 saturated carbocycles. The van der Waals surface area contributed by atoms with E-state index in [9.17, 15) is 14.0 Å². The van der Waals surface area contributed by atoms with Crippen LogP contribution in [-0.2, 0) is 16.0 Å². The maximum Gasteiger partial charge on any atom is 0.278 e. The van der Waals surface area contributed by atoms with E-state index in [2.05, 4.69) is 26.2 Å². The number of rotatable bonds is 5. The van der Waals surface area contributed by atoms with E-state index < -0.39 is 0 Å². The highest BCUT2D eigenvalue weighted by molar-refractivity contribution is 6.13. The lowest BCUT2D eigenvalue weighted by atomic mass is 9.84. The first-order valence-electron chi connectivity index (χ1n) is 13.2. The first-order chi connectivity index (χ1) is 17.9. The highest BCUT2D eigenvalue weighted by Gasteiger charge is 2.37. The second-order valence-corrected chi connectivity index (χ2v) is 10.3. The zero-order valence-electron chi connectivity index (χ0n) is 21.5. The molecule has 3 aliphatic rings. The van der Waals surface area contributed by atoms with Crippen molar-refractivity contribution in [2.45, 2.75) is 58.0 Å². The number of hydrogen-bond donors (Lipinski definition) is 1. The maximum absolute atomic E-state index is 13.4. The molecule has 0 radical (unpaired) electrons. The van der Waals surface area contributed by atoms with Gasteiger partial charge in [-0.25, -0.2) is 9.37 Å². The van der Waals surface area contributed by atoms with E-state index >= 15 is 0 Å². The molecule has 5 rings (SSSR count). The Morgan fingerprint density at radius 3 is 2.49 bits per heavy atom. The van der Waals surface area contributed by atoms with Crippen molar-refractivity contribution in [3.05, 3.63) is 53.5 Å². The van der Waals surface area contributed by atoms with Crippen molar-refractivity contribution in [3.8, 4) is 0 Å². The van der Waals surface area contributed by atoms with Gasteiger partial charge in [-0.2, -0.15) is 4.99 Å². The third-order valence-corrected chi connectivity index (χ3v) is 7.35. The fraction of sp³-hybridized carbons (Fsp3) is 0.500. The van der Waals surface area contributed by atoms with Crippen LogP contribution < -0.4 is 15.1 Å². The number of benzene rings is 1. The predicted molar refractivity (Wildman–Crippen MR) is 141 cm³/mol. The number of nitrogens with one attached hydrogen (secondary N) is 1. The van der Waals surface area contributed by atoms with Gasteiger partial charge in [-0.05, 0) is 63.8 Å². The highest BCUT2D eigenvalue weighted by atomic mass is 19.1. The van der Waals surface area contributed by atoms with Gasteiger partial charge in [-0.3, -0.25) is 9.59 Å². The summed E-state index contributed by atoms with van der Waals surface area (Å²) >= 11 is 0. The number of pyridine rings is 1. The number of ether oxygens (including phenoxy) is 1. The van der Waals surface area contributed by atoms with E-state index in [0.29, 0.717) is 31.0 Å². The van der Waals surface area contributed by atoms with E-state index in [0.717, 1.165) is 55.8 Å². The molecule has 0 atom stereocenters. The first kappa shape index (κ1) is 25.3. The highest BCUT2D eigenvalue weighted by Crippen LogP contribution is 2.38. The summed E-state index contributed by atoms with van der Waals surface area (Å²) in [7, 11) is 0. The molecule has 1 aliphatic carbocycles. The number of morpholine rings is 1. The number of carbonyl (C=O) groups is 2. The minimum absolute atomic E-state index is 0.00307. The zero-order valence-corrected chi connectivity index (χ0v) is 21.5. The van der Waals surface area contributed by atoms with Gasteiger partial charge < -0.3 is 19.9 Å². The zero-order chi connectivity index (χ0) is 25.9. The smallest absolute Gasteiger partial charge is 0.278 e. The molecule has 2 amide bonds. The number of anilines is 2. The number of nitrogens with zero attached hydrogens (tertiary/aromatic N) is 4. The molecule has 2 aliphatic heterocycles. The van der Waals surface area contributed by atoms with Crippen LogP contribution >= 0.6 is 0 Å². The molecule has 1 aromatic heterocycles. The third kappa shape index (κ3) is 5.66. The Balaban J connectivity index is 1.42. The van der Waals surface area contributed by atoms with E-state index in [4.69, 9.17) is 9.72 Å². The van der Waals surface area contributed by atoms with Gasteiger partial charge in [-0.1, -0.05) is 0 Å². The average molecular weight is 508 g/mol. The molecule has 1 saturated heterocycles. The van der Waals surface area contributed by atoms with Gasteiger partial charge in [-0.15, -0.1) is 0 Å². The van der Waals surface area contributed by atoms with Crippen LogP contribution in [0.1, 0.15) is 55.5 Å². The van der Waals surface area contributed by atoms with E-state index in [1.165, 1.54) is 24.3 Å². The lowest BCUT2D eigenvalue weighted by Gasteiger charge is -2.36. The number of amides is 2. The molecule has 0 spiro atoms. The largest absolute Gasteiger partial charge is 0.378 e. The average Bonchev–Trinajstić information content (AvgIpc) is 3.26. The molecule has 8 nitrogen and oxygen atoms in total. The Labute approximate surface area is 216 Å². The Kier molecular flexibility index (Phi) is 7.50. The molecule has 2 aromatic rings. The monoisotopic (exact) mass is 507 g/mol. The number of hydrogen-bond acceptors (Lipinski definition) is 5. The second kappa shape index (κ2) is 11.0. The Morgan fingerprint density at radius 1 is 1.11 bits per heavy atom. The summed E-state index contributed by atoms with van der Waals surface area (Å²) in [5.74, 6) is 0.916. The van der Waals surface area contributed by atoms with Crippen molar-refractivity contribution in [1.82, 2.24) is 10.3 Å². The quantitative estimate of drug-likeness (QED) is 0.664. The van der Waals surface area contributed by atoms with Crippen molar-refractivity contribution in [1.29, 1.82) is 0 Å². The van der Waals surface area contributed by atoms with Crippen LogP contribution in [-0.4, -0.2) is 61.0 Å². The summed E-state index contributed by atoms with van der Waals surface area (Å²) in [4.78, 5) is 39.3. The van der Waals surface area contributed by atoms with E-state index in [1.54, 1.807) is 0 Å². The van der Waals surface area contributed by atoms with Crippen molar-refractivity contribution in [2.24, 2.45) is 10.9 Å². The molecule has 1 N–H and O–H groups in total. The summed E-state index contributed by atoms with van der Waals surface area (Å²) in [6.07, 6.45) is 5.63. The fourth-order valence-electron chi connectivity index (χ4n) is 5.46. The van der Waals surface area contributed by atoms with Crippen molar-refractivity contribution >= 4 is 29.2 Å². The predicted octanol–water partition coefficient (Wildman–Crippen LogP) is 3.74. The molecule has 196 valence electrons. The molecule has 2 fully saturated rings. The Morgan fingerprint density at radius 2 is 1.81 bits per heavy atom. The van der Waals surface area contributed by atoms with Crippen LogP contribution in [0.4, 0.5) is 15.9 Å². The summed E-state index contributed by atoms with van der Waals surface area (Å²) in [5.41, 5.74) is 2.41. The number of amidine groups is 1. The van der Waals surface area contributed by atoms with E-state index in [1.807, 2.05) is 20.0 Å². The molecule has 3 heterocycles. The van der Waals surface area contributed by atoms with E-state index in [-0.39, 0.29) is 35.6 Å². The van der Waals surface area contributed by atoms with Gasteiger partial charge in [0.1, 0.15) is 17.5 Å². The Bertz CT molecular complexity index is 1170. The Hall–Kier alpha value is -3.33. The van der Waals surface area contributed by atoms with Crippen LogP contribution in [0, 0.1) is 11.7 Å². The van der Waals surface area contributed by atoms with Gasteiger partial charge >= 0.3 is 0 Å². The van der Waals surface area contributed by atoms with Crippen LogP contribution in [0.15, 0.2) is 41.5 Å². The third-order valence-electron chi connectivity index (χ3n) is 7.35. The molecule has 0 bridgehead atoms. The summed E-state index contributed by atoms with van der Waals surface area (Å²) < 4.78 is 18.9. The van der Waals surface area contributed by atoms with Crippen LogP contribution in [0.2, 0.25) is 0 Å². The summed E-state index contributed by atoms with van der Waals surface area (Å²) in [6.45, 7) is 6.86. The van der Waals surface area contributed by atoms with Gasteiger partial charge in [0.25, 0.3) is 5.91 Å². The van der Waals surface area contributed by atoms with Crippen molar-refractivity contribution < 1.29 is 18.7 Å². The van der Waals surface area contributed by atoms with Gasteiger partial charge in [0, 0.05) is 60.9 Å². The maximum atomic E-state index is 13.4. The standard InChI is InChI=1S/C28H34FN5O3/c1-18(2)31-27(35)20-5-9-23(10-6-20)34-24-16-25(33-11-13-37-14-12-33)30-17-21(24)15-26(34)32-28(36)19-3-7-22(29)8-4-19/h3-4,7-8,16-18,20,23H,5-6,9-15H2,1-2H3,(H,31,35). The number of aromatic nitrogens is 1. The van der Waals surface area contributed by atoms with Gasteiger partial charge in [0.05, 0.1) is 18.9 Å². The molecule has 1 aromatic carbocycles. The molecular formula is C28H34FN5O3. The minimum Gasteiger partial charge on any atom is -0.378 e. The summed E-state index contributed by atoms with van der Waals surface area (Å²) in [6, 6.07) is 7.83. The van der Waals surface area contributed by atoms with Crippen LogP contribution in [0.3, 0.4) is 0 Å². The number of halogens is 1.